The average molecular weight is 441 g/mol. The quantitative estimate of drug-likeness (QED) is 0.177. The minimum Gasteiger partial charge on any atom is -0.395 e. The number of aromatic nitrogens is 2. The minimum atomic E-state index is -0.727. The first kappa shape index (κ1) is 24.9. The summed E-state index contributed by atoms with van der Waals surface area (Å²) in [4.78, 5) is 20.5. The van der Waals surface area contributed by atoms with Crippen molar-refractivity contribution in [3.8, 4) is 0 Å². The second kappa shape index (κ2) is 13.2. The lowest BCUT2D eigenvalue weighted by Crippen LogP contribution is -2.28. The zero-order valence-electron chi connectivity index (χ0n) is 18.1. The molecule has 4 N–H and O–H groups in total. The number of halogens is 1. The predicted molar refractivity (Wildman–Crippen MR) is 123 cm³/mol. The molecule has 0 saturated carbocycles. The molecule has 32 heavy (non-hydrogen) atoms. The highest BCUT2D eigenvalue weighted by atomic mass is 19.1. The Hall–Kier alpha value is -3.33. The summed E-state index contributed by atoms with van der Waals surface area (Å²) in [6.07, 6.45) is 8.53. The second-order valence-corrected chi connectivity index (χ2v) is 7.08. The molecule has 0 aliphatic rings. The molecule has 7 nitrogen and oxygen atoms in total. The number of nitrogens with zero attached hydrogens (tertiary/aromatic N) is 2. The number of hydroxylamine groups is 1. The second-order valence-electron chi connectivity index (χ2n) is 7.08. The van der Waals surface area contributed by atoms with Gasteiger partial charge in [0.25, 0.3) is 5.91 Å². The highest BCUT2D eigenvalue weighted by molar-refractivity contribution is 5.90. The molecule has 0 radical (unpaired) electrons. The number of benzene rings is 1. The predicted octanol–water partition coefficient (Wildman–Crippen LogP) is 3.45. The highest BCUT2D eigenvalue weighted by Gasteiger charge is 2.09. The number of rotatable bonds is 9. The SMILES string of the molecule is C=CC.O=C(/C=C/c1ccc(CN(CCO)CCc2cnc3[nH]ccc3c2)cc1F)NO. The Morgan fingerprint density at radius 1 is 1.28 bits per heavy atom. The number of aliphatic hydroxyl groups excluding tert-OH is 1. The number of pyridine rings is 1. The summed E-state index contributed by atoms with van der Waals surface area (Å²) < 4.78 is 14.3. The van der Waals surface area contributed by atoms with E-state index in [1.165, 1.54) is 17.6 Å². The van der Waals surface area contributed by atoms with Gasteiger partial charge in [-0.25, -0.2) is 14.9 Å². The van der Waals surface area contributed by atoms with Crippen molar-refractivity contribution in [1.82, 2.24) is 20.3 Å². The van der Waals surface area contributed by atoms with Gasteiger partial charge in [0.1, 0.15) is 11.5 Å². The van der Waals surface area contributed by atoms with Gasteiger partial charge < -0.3 is 10.1 Å². The van der Waals surface area contributed by atoms with Gasteiger partial charge in [0.05, 0.1) is 6.61 Å². The number of amides is 1. The van der Waals surface area contributed by atoms with E-state index in [1.54, 1.807) is 18.2 Å². The Morgan fingerprint density at radius 2 is 2.06 bits per heavy atom. The van der Waals surface area contributed by atoms with E-state index in [-0.39, 0.29) is 12.2 Å². The van der Waals surface area contributed by atoms with Gasteiger partial charge in [-0.15, -0.1) is 6.58 Å². The molecule has 0 saturated heterocycles. The third-order valence-electron chi connectivity index (χ3n) is 4.59. The Balaban J connectivity index is 0.00000114. The number of hydrogen-bond donors (Lipinski definition) is 4. The fraction of sp³-hybridized carbons (Fsp3) is 0.250. The Morgan fingerprint density at radius 3 is 2.75 bits per heavy atom. The van der Waals surface area contributed by atoms with Crippen LogP contribution >= 0.6 is 0 Å². The summed E-state index contributed by atoms with van der Waals surface area (Å²) >= 11 is 0. The van der Waals surface area contributed by atoms with Crippen molar-refractivity contribution in [2.24, 2.45) is 0 Å². The Labute approximate surface area is 186 Å². The lowest BCUT2D eigenvalue weighted by atomic mass is 10.1. The van der Waals surface area contributed by atoms with Gasteiger partial charge in [-0.1, -0.05) is 18.2 Å². The zero-order valence-corrected chi connectivity index (χ0v) is 18.1. The van der Waals surface area contributed by atoms with Crippen LogP contribution in [0, 0.1) is 5.82 Å². The average Bonchev–Trinajstić information content (AvgIpc) is 3.25. The summed E-state index contributed by atoms with van der Waals surface area (Å²) in [5.41, 5.74) is 4.41. The van der Waals surface area contributed by atoms with Crippen molar-refractivity contribution in [3.05, 3.63) is 84.0 Å². The fourth-order valence-corrected chi connectivity index (χ4v) is 3.09. The zero-order chi connectivity index (χ0) is 23.3. The topological polar surface area (TPSA) is 101 Å². The summed E-state index contributed by atoms with van der Waals surface area (Å²) in [6.45, 7) is 6.91. The largest absolute Gasteiger partial charge is 0.395 e. The molecule has 1 amide bonds. The van der Waals surface area contributed by atoms with Crippen LogP contribution in [0.15, 0.2) is 61.5 Å². The number of nitrogens with one attached hydrogen (secondary N) is 2. The highest BCUT2D eigenvalue weighted by Crippen LogP contribution is 2.15. The molecule has 0 fully saturated rings. The number of aromatic amines is 1. The van der Waals surface area contributed by atoms with Crippen molar-refractivity contribution in [2.45, 2.75) is 19.9 Å². The number of hydrogen-bond acceptors (Lipinski definition) is 5. The maximum Gasteiger partial charge on any atom is 0.267 e. The van der Waals surface area contributed by atoms with Gasteiger partial charge in [-0.3, -0.25) is 14.9 Å². The van der Waals surface area contributed by atoms with Gasteiger partial charge in [-0.05, 0) is 48.7 Å². The molecule has 0 bridgehead atoms. The lowest BCUT2D eigenvalue weighted by molar-refractivity contribution is -0.124. The van der Waals surface area contributed by atoms with Gasteiger partial charge in [0, 0.05) is 49.1 Å². The number of aliphatic hydroxyl groups is 1. The van der Waals surface area contributed by atoms with E-state index in [2.05, 4.69) is 22.6 Å². The van der Waals surface area contributed by atoms with Crippen LogP contribution in [0.4, 0.5) is 4.39 Å². The smallest absolute Gasteiger partial charge is 0.267 e. The van der Waals surface area contributed by atoms with Crippen LogP contribution in [0.2, 0.25) is 0 Å². The van der Waals surface area contributed by atoms with Crippen LogP contribution in [-0.2, 0) is 17.8 Å². The summed E-state index contributed by atoms with van der Waals surface area (Å²) in [7, 11) is 0. The van der Waals surface area contributed by atoms with E-state index in [0.717, 1.165) is 34.7 Å². The fourth-order valence-electron chi connectivity index (χ4n) is 3.09. The molecular weight excluding hydrogens is 411 g/mol. The molecule has 8 heteroatoms. The van der Waals surface area contributed by atoms with Crippen molar-refractivity contribution >= 4 is 23.0 Å². The summed E-state index contributed by atoms with van der Waals surface area (Å²) in [5, 5.41) is 18.9. The molecule has 0 aliphatic carbocycles. The summed E-state index contributed by atoms with van der Waals surface area (Å²) in [6, 6.07) is 8.82. The maximum absolute atomic E-state index is 14.3. The van der Waals surface area contributed by atoms with Crippen LogP contribution in [0.3, 0.4) is 0 Å². The normalized spacial score (nSPS) is 10.9. The Bertz CT molecular complexity index is 1050. The summed E-state index contributed by atoms with van der Waals surface area (Å²) in [5.74, 6) is -1.19. The molecular formula is C24H29FN4O3. The van der Waals surface area contributed by atoms with E-state index in [9.17, 15) is 14.3 Å². The van der Waals surface area contributed by atoms with E-state index >= 15 is 0 Å². The van der Waals surface area contributed by atoms with Crippen molar-refractivity contribution in [1.29, 1.82) is 0 Å². The number of allylic oxidation sites excluding steroid dienone is 1. The first-order chi connectivity index (χ1) is 15.5. The van der Waals surface area contributed by atoms with E-state index < -0.39 is 11.7 Å². The molecule has 3 aromatic rings. The third kappa shape index (κ3) is 7.73. The molecule has 0 spiro atoms. The van der Waals surface area contributed by atoms with E-state index in [0.29, 0.717) is 19.6 Å². The van der Waals surface area contributed by atoms with Crippen molar-refractivity contribution < 1.29 is 19.5 Å². The third-order valence-corrected chi connectivity index (χ3v) is 4.59. The minimum absolute atomic E-state index is 0.00860. The van der Waals surface area contributed by atoms with Crippen LogP contribution in [0.25, 0.3) is 17.1 Å². The molecule has 170 valence electrons. The molecule has 3 rings (SSSR count). The molecule has 1 aromatic carbocycles. The van der Waals surface area contributed by atoms with Gasteiger partial charge >= 0.3 is 0 Å². The van der Waals surface area contributed by atoms with Crippen LogP contribution in [0.1, 0.15) is 23.6 Å². The van der Waals surface area contributed by atoms with Gasteiger partial charge in [-0.2, -0.15) is 0 Å². The number of H-pyrrole nitrogens is 1. The molecule has 0 atom stereocenters. The maximum atomic E-state index is 14.3. The molecule has 2 aromatic heterocycles. The number of fused-ring (bicyclic) bond motifs is 1. The molecule has 0 unspecified atom stereocenters. The van der Waals surface area contributed by atoms with Crippen molar-refractivity contribution in [3.63, 3.8) is 0 Å². The van der Waals surface area contributed by atoms with Crippen LogP contribution in [0.5, 0.6) is 0 Å². The first-order valence-corrected chi connectivity index (χ1v) is 10.2. The van der Waals surface area contributed by atoms with E-state index in [4.69, 9.17) is 5.21 Å². The van der Waals surface area contributed by atoms with Crippen LogP contribution < -0.4 is 5.48 Å². The van der Waals surface area contributed by atoms with Gasteiger partial charge in [0.2, 0.25) is 0 Å². The van der Waals surface area contributed by atoms with Crippen molar-refractivity contribution in [2.75, 3.05) is 19.7 Å². The lowest BCUT2D eigenvalue weighted by Gasteiger charge is -2.21. The first-order valence-electron chi connectivity index (χ1n) is 10.2. The Kier molecular flexibility index (Phi) is 10.3. The number of carbonyl (C=O) groups is 1. The number of carbonyl (C=O) groups excluding carboxylic acids is 1. The standard InChI is InChI=1S/C21H23FN4O3.C3H6/c22-19-12-16(1-2-17(19)3-4-20(28)25-29)14-26(9-10-27)8-6-15-11-18-5-7-23-21(18)24-13-15;1-3-2/h1-5,7,11-13,27,29H,6,8-10,14H2,(H,23,24)(H,25,28);3H,1H2,2H3/b4-3+;. The van der Waals surface area contributed by atoms with Gasteiger partial charge in [0.15, 0.2) is 0 Å². The van der Waals surface area contributed by atoms with Crippen LogP contribution in [-0.4, -0.2) is 50.8 Å². The molecule has 0 aliphatic heterocycles. The van der Waals surface area contributed by atoms with E-state index in [1.807, 2.05) is 30.3 Å². The monoisotopic (exact) mass is 440 g/mol. The molecule has 2 heterocycles.